The standard InChI is InChI=1S/C19H18N2OS2/c22-18-16-14-10-4-5-11-15(14)24-17(16)20-19(23)21(18)12-6-9-13-7-2-1-3-8-13/h1-3,6-9H,4-5,10-12H2,(H,20,23). The molecule has 5 heteroatoms. The predicted octanol–water partition coefficient (Wildman–Crippen LogP) is 4.71. The lowest BCUT2D eigenvalue weighted by atomic mass is 9.97. The lowest BCUT2D eigenvalue weighted by molar-refractivity contribution is 0.697. The highest BCUT2D eigenvalue weighted by Crippen LogP contribution is 2.33. The van der Waals surface area contributed by atoms with Gasteiger partial charge in [0.25, 0.3) is 5.56 Å². The molecule has 24 heavy (non-hydrogen) atoms. The van der Waals surface area contributed by atoms with Crippen LogP contribution in [0.15, 0.2) is 41.2 Å². The van der Waals surface area contributed by atoms with Gasteiger partial charge in [0.05, 0.1) is 5.39 Å². The van der Waals surface area contributed by atoms with Crippen LogP contribution in [0.25, 0.3) is 16.3 Å². The Balaban J connectivity index is 1.74. The summed E-state index contributed by atoms with van der Waals surface area (Å²) in [5.74, 6) is 0. The molecular formula is C19H18N2OS2. The number of aromatic amines is 1. The first-order valence-corrected chi connectivity index (χ1v) is 9.45. The molecule has 0 spiro atoms. The van der Waals surface area contributed by atoms with E-state index in [0.29, 0.717) is 11.3 Å². The third-order valence-corrected chi connectivity index (χ3v) is 6.02. The van der Waals surface area contributed by atoms with Gasteiger partial charge in [-0.3, -0.25) is 9.36 Å². The van der Waals surface area contributed by atoms with E-state index >= 15 is 0 Å². The average Bonchev–Trinajstić information content (AvgIpc) is 2.97. The van der Waals surface area contributed by atoms with Crippen LogP contribution in [0, 0.1) is 4.77 Å². The van der Waals surface area contributed by atoms with Crippen molar-refractivity contribution in [1.29, 1.82) is 0 Å². The highest BCUT2D eigenvalue weighted by Gasteiger charge is 2.19. The molecule has 0 amide bonds. The number of H-pyrrole nitrogens is 1. The number of nitrogens with one attached hydrogen (secondary N) is 1. The minimum Gasteiger partial charge on any atom is -0.323 e. The summed E-state index contributed by atoms with van der Waals surface area (Å²) < 4.78 is 2.17. The van der Waals surface area contributed by atoms with Crippen LogP contribution in [0.2, 0.25) is 0 Å². The minimum absolute atomic E-state index is 0.0471. The number of benzene rings is 1. The predicted molar refractivity (Wildman–Crippen MR) is 103 cm³/mol. The van der Waals surface area contributed by atoms with Gasteiger partial charge in [0.2, 0.25) is 0 Å². The number of fused-ring (bicyclic) bond motifs is 3. The van der Waals surface area contributed by atoms with Crippen LogP contribution < -0.4 is 5.56 Å². The molecule has 0 saturated carbocycles. The molecule has 1 N–H and O–H groups in total. The van der Waals surface area contributed by atoms with Crippen molar-refractivity contribution in [2.24, 2.45) is 0 Å². The van der Waals surface area contributed by atoms with Gasteiger partial charge in [0, 0.05) is 11.4 Å². The van der Waals surface area contributed by atoms with Crippen molar-refractivity contribution in [2.75, 3.05) is 0 Å². The van der Waals surface area contributed by atoms with Gasteiger partial charge in [-0.2, -0.15) is 0 Å². The maximum Gasteiger partial charge on any atom is 0.263 e. The number of aromatic nitrogens is 2. The summed E-state index contributed by atoms with van der Waals surface area (Å²) in [5, 5.41) is 0.858. The molecule has 0 aliphatic heterocycles. The Morgan fingerprint density at radius 1 is 1.21 bits per heavy atom. The largest absolute Gasteiger partial charge is 0.323 e. The lowest BCUT2D eigenvalue weighted by Crippen LogP contribution is -2.22. The van der Waals surface area contributed by atoms with E-state index in [9.17, 15) is 4.79 Å². The molecule has 0 saturated heterocycles. The smallest absolute Gasteiger partial charge is 0.263 e. The highest BCUT2D eigenvalue weighted by molar-refractivity contribution is 7.71. The molecule has 2 heterocycles. The van der Waals surface area contributed by atoms with Crippen LogP contribution in [0.5, 0.6) is 0 Å². The summed E-state index contributed by atoms with van der Waals surface area (Å²) in [6.07, 6.45) is 8.49. The number of thiophene rings is 1. The van der Waals surface area contributed by atoms with Gasteiger partial charge in [-0.05, 0) is 49.0 Å². The summed E-state index contributed by atoms with van der Waals surface area (Å²) in [4.78, 5) is 18.5. The first-order valence-electron chi connectivity index (χ1n) is 8.23. The number of rotatable bonds is 3. The zero-order valence-electron chi connectivity index (χ0n) is 13.2. The van der Waals surface area contributed by atoms with Gasteiger partial charge in [-0.15, -0.1) is 11.3 Å². The van der Waals surface area contributed by atoms with E-state index in [1.54, 1.807) is 15.9 Å². The Hall–Kier alpha value is -1.98. The highest BCUT2D eigenvalue weighted by atomic mass is 32.1. The van der Waals surface area contributed by atoms with E-state index in [2.05, 4.69) is 4.98 Å². The molecule has 0 fully saturated rings. The Bertz CT molecular complexity index is 1030. The second-order valence-corrected chi connectivity index (χ2v) is 7.57. The van der Waals surface area contributed by atoms with Crippen LogP contribution in [0.1, 0.15) is 28.8 Å². The lowest BCUT2D eigenvalue weighted by Gasteiger charge is -2.10. The second kappa shape index (κ2) is 6.49. The molecule has 4 rings (SSSR count). The topological polar surface area (TPSA) is 37.8 Å². The van der Waals surface area contributed by atoms with Gasteiger partial charge < -0.3 is 4.98 Å². The van der Waals surface area contributed by atoms with Crippen LogP contribution in [-0.4, -0.2) is 9.55 Å². The zero-order valence-corrected chi connectivity index (χ0v) is 14.9. The Labute approximate surface area is 149 Å². The van der Waals surface area contributed by atoms with E-state index in [0.717, 1.165) is 28.6 Å². The fraction of sp³-hybridized carbons (Fsp3) is 0.263. The molecule has 2 aromatic heterocycles. The molecule has 3 aromatic rings. The third-order valence-electron chi connectivity index (χ3n) is 4.49. The zero-order chi connectivity index (χ0) is 16.5. The number of hydrogen-bond acceptors (Lipinski definition) is 3. The number of nitrogens with zero attached hydrogens (tertiary/aromatic N) is 1. The summed E-state index contributed by atoms with van der Waals surface area (Å²) in [7, 11) is 0. The summed E-state index contributed by atoms with van der Waals surface area (Å²) >= 11 is 7.12. The molecule has 0 atom stereocenters. The molecule has 1 aliphatic rings. The van der Waals surface area contributed by atoms with Crippen LogP contribution in [0.3, 0.4) is 0 Å². The summed E-state index contributed by atoms with van der Waals surface area (Å²) in [5.41, 5.74) is 2.42. The second-order valence-electron chi connectivity index (χ2n) is 6.07. The van der Waals surface area contributed by atoms with Gasteiger partial charge in [-0.1, -0.05) is 42.5 Å². The minimum atomic E-state index is 0.0471. The summed E-state index contributed by atoms with van der Waals surface area (Å²) in [6, 6.07) is 10.1. The molecular weight excluding hydrogens is 336 g/mol. The average molecular weight is 355 g/mol. The van der Waals surface area contributed by atoms with Crippen molar-refractivity contribution in [3.8, 4) is 0 Å². The van der Waals surface area contributed by atoms with Crippen molar-refractivity contribution >= 4 is 39.8 Å². The van der Waals surface area contributed by atoms with Crippen LogP contribution in [-0.2, 0) is 19.4 Å². The Morgan fingerprint density at radius 3 is 2.83 bits per heavy atom. The Morgan fingerprint density at radius 2 is 2.00 bits per heavy atom. The molecule has 122 valence electrons. The molecule has 0 radical (unpaired) electrons. The monoisotopic (exact) mass is 354 g/mol. The fourth-order valence-electron chi connectivity index (χ4n) is 3.30. The van der Waals surface area contributed by atoms with E-state index in [-0.39, 0.29) is 5.56 Å². The number of hydrogen-bond donors (Lipinski definition) is 1. The molecule has 0 unspecified atom stereocenters. The van der Waals surface area contributed by atoms with Crippen molar-refractivity contribution in [1.82, 2.24) is 9.55 Å². The normalized spacial score (nSPS) is 14.3. The van der Waals surface area contributed by atoms with E-state index in [1.807, 2.05) is 42.5 Å². The van der Waals surface area contributed by atoms with Gasteiger partial charge in [0.15, 0.2) is 4.77 Å². The van der Waals surface area contributed by atoms with Gasteiger partial charge in [-0.25, -0.2) is 0 Å². The molecule has 1 aromatic carbocycles. The Kier molecular flexibility index (Phi) is 4.21. The summed E-state index contributed by atoms with van der Waals surface area (Å²) in [6.45, 7) is 0.490. The number of aryl methyl sites for hydroxylation is 2. The van der Waals surface area contributed by atoms with E-state index in [1.165, 1.54) is 23.3 Å². The maximum atomic E-state index is 13.0. The van der Waals surface area contributed by atoms with Gasteiger partial charge in [0.1, 0.15) is 4.83 Å². The maximum absolute atomic E-state index is 13.0. The third kappa shape index (κ3) is 2.78. The molecule has 0 bridgehead atoms. The van der Waals surface area contributed by atoms with Crippen molar-refractivity contribution in [3.63, 3.8) is 0 Å². The first kappa shape index (κ1) is 15.5. The molecule has 3 nitrogen and oxygen atoms in total. The quantitative estimate of drug-likeness (QED) is 0.692. The van der Waals surface area contributed by atoms with Crippen LogP contribution >= 0.6 is 23.6 Å². The molecule has 1 aliphatic carbocycles. The van der Waals surface area contributed by atoms with Crippen LogP contribution in [0.4, 0.5) is 0 Å². The van der Waals surface area contributed by atoms with Crippen molar-refractivity contribution in [3.05, 3.63) is 67.5 Å². The first-order chi connectivity index (χ1) is 11.7. The fourth-order valence-corrected chi connectivity index (χ4v) is 4.90. The van der Waals surface area contributed by atoms with Gasteiger partial charge >= 0.3 is 0 Å². The van der Waals surface area contributed by atoms with Crippen molar-refractivity contribution in [2.45, 2.75) is 32.2 Å². The van der Waals surface area contributed by atoms with E-state index < -0.39 is 0 Å². The van der Waals surface area contributed by atoms with Crippen molar-refractivity contribution < 1.29 is 0 Å². The van der Waals surface area contributed by atoms with E-state index in [4.69, 9.17) is 12.2 Å². The SMILES string of the molecule is O=c1c2c3c(sc2[nH]c(=S)n1CC=Cc1ccccc1)CCCC3. The number of allylic oxidation sites excluding steroid dienone is 1.